The molecule has 0 bridgehead atoms. The van der Waals surface area contributed by atoms with E-state index < -0.39 is 0 Å². The van der Waals surface area contributed by atoms with Crippen molar-refractivity contribution in [3.63, 3.8) is 0 Å². The molecule has 1 heterocycles. The molecule has 7 nitrogen and oxygen atoms in total. The number of thioether (sulfide) groups is 1. The first-order valence-electron chi connectivity index (χ1n) is 12.7. The predicted molar refractivity (Wildman–Crippen MR) is 154 cm³/mol. The fraction of sp³-hybridized carbons (Fsp3) is 0.429. The van der Waals surface area contributed by atoms with Crippen molar-refractivity contribution in [2.75, 3.05) is 56.8 Å². The molecule has 2 amide bonds. The van der Waals surface area contributed by atoms with Crippen LogP contribution in [0.4, 0.5) is 16.2 Å². The first-order chi connectivity index (χ1) is 17.4. The van der Waals surface area contributed by atoms with Crippen LogP contribution in [0.3, 0.4) is 0 Å². The lowest BCUT2D eigenvalue weighted by Gasteiger charge is -2.13. The summed E-state index contributed by atoms with van der Waals surface area (Å²) in [6.07, 6.45) is 4.07. The van der Waals surface area contributed by atoms with Gasteiger partial charge in [0.25, 0.3) is 0 Å². The van der Waals surface area contributed by atoms with Gasteiger partial charge >= 0.3 is 6.03 Å². The molecular weight excluding hydrogens is 468 g/mol. The number of aromatic nitrogens is 2. The molecule has 0 fully saturated rings. The Morgan fingerprint density at radius 1 is 0.833 bits per heavy atom. The van der Waals surface area contributed by atoms with Crippen LogP contribution in [-0.4, -0.2) is 63.0 Å². The van der Waals surface area contributed by atoms with Crippen molar-refractivity contribution < 1.29 is 4.79 Å². The van der Waals surface area contributed by atoms with Crippen LogP contribution in [0.15, 0.2) is 53.7 Å². The van der Waals surface area contributed by atoms with Crippen LogP contribution < -0.4 is 20.4 Å². The molecule has 8 heteroatoms. The van der Waals surface area contributed by atoms with Gasteiger partial charge in [-0.25, -0.2) is 9.78 Å². The van der Waals surface area contributed by atoms with E-state index >= 15 is 0 Å². The molecule has 194 valence electrons. The Hall–Kier alpha value is -3.13. The van der Waals surface area contributed by atoms with Crippen molar-refractivity contribution in [3.05, 3.63) is 48.5 Å². The van der Waals surface area contributed by atoms with Crippen LogP contribution in [0.1, 0.15) is 32.6 Å². The quantitative estimate of drug-likeness (QED) is 0.200. The van der Waals surface area contributed by atoms with E-state index in [-0.39, 0.29) is 6.03 Å². The van der Waals surface area contributed by atoms with E-state index in [2.05, 4.69) is 88.0 Å². The van der Waals surface area contributed by atoms with E-state index in [1.54, 1.807) is 11.8 Å². The van der Waals surface area contributed by atoms with Gasteiger partial charge in [-0.3, -0.25) is 0 Å². The predicted octanol–water partition coefficient (Wildman–Crippen LogP) is 5.85. The number of imidazole rings is 1. The maximum atomic E-state index is 11.6. The summed E-state index contributed by atoms with van der Waals surface area (Å²) in [5.41, 5.74) is 6.58. The Morgan fingerprint density at radius 2 is 1.42 bits per heavy atom. The number of urea groups is 1. The number of anilines is 2. The van der Waals surface area contributed by atoms with E-state index in [1.807, 2.05) is 21.0 Å². The molecule has 0 saturated heterocycles. The van der Waals surface area contributed by atoms with Crippen molar-refractivity contribution in [1.29, 1.82) is 0 Å². The molecule has 36 heavy (non-hydrogen) atoms. The summed E-state index contributed by atoms with van der Waals surface area (Å²) in [5, 5.41) is 6.69. The van der Waals surface area contributed by atoms with Crippen molar-refractivity contribution in [2.24, 2.45) is 0 Å². The molecule has 0 aliphatic heterocycles. The summed E-state index contributed by atoms with van der Waals surface area (Å²) in [6.45, 7) is 3.47. The number of hydrogen-bond donors (Lipinski definition) is 3. The van der Waals surface area contributed by atoms with E-state index in [0.717, 1.165) is 71.3 Å². The van der Waals surface area contributed by atoms with Gasteiger partial charge in [-0.1, -0.05) is 49.4 Å². The molecule has 0 aliphatic carbocycles. The van der Waals surface area contributed by atoms with Gasteiger partial charge in [-0.15, -0.1) is 0 Å². The lowest BCUT2D eigenvalue weighted by atomic mass is 10.0. The van der Waals surface area contributed by atoms with Gasteiger partial charge in [0.2, 0.25) is 0 Å². The smallest absolute Gasteiger partial charge is 0.314 e. The topological polar surface area (TPSA) is 76.3 Å². The number of nitrogens with zero attached hydrogens (tertiary/aromatic N) is 3. The fourth-order valence-corrected chi connectivity index (χ4v) is 4.63. The summed E-state index contributed by atoms with van der Waals surface area (Å²) >= 11 is 1.75. The standard InChI is InChI=1S/C28H40N6OS/c1-6-18-29-27(35)30-19-8-7-9-20-36-28-31-25(21-10-14-23(15-11-21)33(2)3)26(32-28)22-12-16-24(17-13-22)34(4)5/h10-17H,6-9,18-20H2,1-5H3,(H,31,32)(H2,29,30,35). The normalized spacial score (nSPS) is 10.8. The first kappa shape index (κ1) is 27.5. The summed E-state index contributed by atoms with van der Waals surface area (Å²) in [4.78, 5) is 24.4. The highest BCUT2D eigenvalue weighted by Crippen LogP contribution is 2.34. The van der Waals surface area contributed by atoms with E-state index in [0.29, 0.717) is 6.54 Å². The molecule has 0 aliphatic rings. The molecule has 3 aromatic rings. The Bertz CT molecular complexity index is 1010. The van der Waals surface area contributed by atoms with Gasteiger partial charge in [-0.2, -0.15) is 0 Å². The Labute approximate surface area is 220 Å². The summed E-state index contributed by atoms with van der Waals surface area (Å²) < 4.78 is 0. The third-order valence-corrected chi connectivity index (χ3v) is 6.85. The van der Waals surface area contributed by atoms with Crippen molar-refractivity contribution in [3.8, 4) is 22.5 Å². The number of rotatable bonds is 13. The molecule has 0 unspecified atom stereocenters. The molecule has 3 rings (SSSR count). The second kappa shape index (κ2) is 13.8. The minimum Gasteiger partial charge on any atom is -0.378 e. The van der Waals surface area contributed by atoms with Crippen molar-refractivity contribution >= 4 is 29.2 Å². The third kappa shape index (κ3) is 7.95. The second-order valence-electron chi connectivity index (χ2n) is 9.24. The third-order valence-electron chi connectivity index (χ3n) is 5.89. The zero-order valence-corrected chi connectivity index (χ0v) is 23.0. The van der Waals surface area contributed by atoms with Crippen LogP contribution in [0.5, 0.6) is 0 Å². The highest BCUT2D eigenvalue weighted by molar-refractivity contribution is 7.99. The fourth-order valence-electron chi connectivity index (χ4n) is 3.76. The number of carbonyl (C=O) groups excluding carboxylic acids is 1. The molecular formula is C28H40N6OS. The van der Waals surface area contributed by atoms with Gasteiger partial charge in [0.1, 0.15) is 0 Å². The maximum absolute atomic E-state index is 11.6. The lowest BCUT2D eigenvalue weighted by Crippen LogP contribution is -2.36. The maximum Gasteiger partial charge on any atom is 0.314 e. The molecule has 0 saturated carbocycles. The van der Waals surface area contributed by atoms with E-state index in [4.69, 9.17) is 4.98 Å². The number of amides is 2. The summed E-state index contributed by atoms with van der Waals surface area (Å²) in [6, 6.07) is 17.1. The van der Waals surface area contributed by atoms with Crippen LogP contribution in [0, 0.1) is 0 Å². The van der Waals surface area contributed by atoms with Crippen LogP contribution in [0.2, 0.25) is 0 Å². The number of hydrogen-bond acceptors (Lipinski definition) is 5. The van der Waals surface area contributed by atoms with Crippen LogP contribution in [0.25, 0.3) is 22.5 Å². The van der Waals surface area contributed by atoms with Gasteiger partial charge in [0.05, 0.1) is 11.4 Å². The number of nitrogens with one attached hydrogen (secondary N) is 3. The zero-order valence-electron chi connectivity index (χ0n) is 22.2. The number of H-pyrrole nitrogens is 1. The first-order valence-corrected chi connectivity index (χ1v) is 13.7. The average molecular weight is 509 g/mol. The van der Waals surface area contributed by atoms with Gasteiger partial charge in [0.15, 0.2) is 5.16 Å². The van der Waals surface area contributed by atoms with Crippen molar-refractivity contribution in [2.45, 2.75) is 37.8 Å². The van der Waals surface area contributed by atoms with Crippen LogP contribution in [-0.2, 0) is 0 Å². The summed E-state index contributed by atoms with van der Waals surface area (Å²) in [5.74, 6) is 0.980. The monoisotopic (exact) mass is 508 g/mol. The number of aromatic amines is 1. The molecule has 0 radical (unpaired) electrons. The largest absolute Gasteiger partial charge is 0.378 e. The van der Waals surface area contributed by atoms with E-state index in [1.165, 1.54) is 5.69 Å². The Kier molecular flexibility index (Phi) is 10.5. The van der Waals surface area contributed by atoms with Gasteiger partial charge in [0, 0.05) is 69.5 Å². The molecule has 1 aromatic heterocycles. The van der Waals surface area contributed by atoms with Gasteiger partial charge < -0.3 is 25.4 Å². The molecule has 2 aromatic carbocycles. The highest BCUT2D eigenvalue weighted by Gasteiger charge is 2.15. The Balaban J connectivity index is 1.64. The lowest BCUT2D eigenvalue weighted by molar-refractivity contribution is 0.240. The average Bonchev–Trinajstić information content (AvgIpc) is 3.31. The second-order valence-corrected chi connectivity index (χ2v) is 10.3. The van der Waals surface area contributed by atoms with Crippen molar-refractivity contribution in [1.82, 2.24) is 20.6 Å². The molecule has 0 atom stereocenters. The number of carbonyl (C=O) groups is 1. The van der Waals surface area contributed by atoms with Gasteiger partial charge in [-0.05, 0) is 43.5 Å². The van der Waals surface area contributed by atoms with E-state index in [9.17, 15) is 4.79 Å². The minimum atomic E-state index is -0.0703. The number of unbranched alkanes of at least 4 members (excludes halogenated alkanes) is 2. The SMILES string of the molecule is CCCNC(=O)NCCCCCSc1nc(-c2ccc(N(C)C)cc2)c(-c2ccc(N(C)C)cc2)[nH]1. The molecule has 3 N–H and O–H groups in total. The summed E-state index contributed by atoms with van der Waals surface area (Å²) in [7, 11) is 8.20. The highest BCUT2D eigenvalue weighted by atomic mass is 32.2. The van der Waals surface area contributed by atoms with Crippen LogP contribution >= 0.6 is 11.8 Å². The number of benzene rings is 2. The molecule has 0 spiro atoms. The minimum absolute atomic E-state index is 0.0703. The Morgan fingerprint density at radius 3 is 2.00 bits per heavy atom. The zero-order chi connectivity index (χ0) is 25.9.